The molecule has 0 saturated heterocycles. The predicted molar refractivity (Wildman–Crippen MR) is 110 cm³/mol. The van der Waals surface area contributed by atoms with Gasteiger partial charge in [0.1, 0.15) is 6.10 Å². The summed E-state index contributed by atoms with van der Waals surface area (Å²) in [7, 11) is 0. The van der Waals surface area contributed by atoms with Crippen LogP contribution < -0.4 is 4.89 Å². The van der Waals surface area contributed by atoms with Crippen LogP contribution in [0.1, 0.15) is 102 Å². The summed E-state index contributed by atoms with van der Waals surface area (Å²) in [5, 5.41) is 0. The first-order chi connectivity index (χ1) is 12.9. The summed E-state index contributed by atoms with van der Waals surface area (Å²) in [5.74, 6) is 0.843. The number of unbranched alkanes of at least 4 members (excludes halogenated alkanes) is 12. The van der Waals surface area contributed by atoms with Crippen LogP contribution in [0, 0.1) is 6.42 Å². The first kappa shape index (κ1) is 21.3. The minimum atomic E-state index is 0.329. The van der Waals surface area contributed by atoms with E-state index in [2.05, 4.69) is 31.5 Å². The average molecular weight is 360 g/mol. The Balaban J connectivity index is 1.38. The zero-order chi connectivity index (χ0) is 18.3. The smallest absolute Gasteiger partial charge is 0.165 e. The van der Waals surface area contributed by atoms with Gasteiger partial charge in [-0.05, 0) is 49.8 Å². The molecule has 1 aliphatic rings. The fraction of sp³-hybridized carbons (Fsp3) is 0.708. The summed E-state index contributed by atoms with van der Waals surface area (Å²) in [6, 6.07) is 8.35. The lowest BCUT2D eigenvalue weighted by atomic mass is 10.0. The second-order valence-corrected chi connectivity index (χ2v) is 7.82. The van der Waals surface area contributed by atoms with Crippen LogP contribution in [0.15, 0.2) is 24.3 Å². The Bertz CT molecular complexity index is 453. The number of aryl methyl sites for hydroxylation is 1. The van der Waals surface area contributed by atoms with E-state index in [1.54, 1.807) is 0 Å². The largest absolute Gasteiger partial charge is 0.337 e. The van der Waals surface area contributed by atoms with Gasteiger partial charge in [-0.1, -0.05) is 89.7 Å². The van der Waals surface area contributed by atoms with Gasteiger partial charge < -0.3 is 4.89 Å². The van der Waals surface area contributed by atoms with Gasteiger partial charge in [0.05, 0.1) is 0 Å². The van der Waals surface area contributed by atoms with Crippen molar-refractivity contribution in [3.05, 3.63) is 36.2 Å². The van der Waals surface area contributed by atoms with E-state index in [4.69, 9.17) is 9.78 Å². The minimum Gasteiger partial charge on any atom is -0.337 e. The van der Waals surface area contributed by atoms with E-state index >= 15 is 0 Å². The van der Waals surface area contributed by atoms with E-state index in [1.165, 1.54) is 82.6 Å². The number of hydrogen-bond acceptors (Lipinski definition) is 2. The lowest BCUT2D eigenvalue weighted by molar-refractivity contribution is -0.217. The minimum absolute atomic E-state index is 0.329. The van der Waals surface area contributed by atoms with Gasteiger partial charge >= 0.3 is 0 Å². The van der Waals surface area contributed by atoms with Gasteiger partial charge in [0.15, 0.2) is 5.75 Å². The summed E-state index contributed by atoms with van der Waals surface area (Å²) in [5.41, 5.74) is 1.35. The van der Waals surface area contributed by atoms with Crippen molar-refractivity contribution >= 4 is 0 Å². The first-order valence-corrected chi connectivity index (χ1v) is 11.1. The molecule has 0 heterocycles. The Kier molecular flexibility index (Phi) is 11.5. The SMILES string of the molecule is CCCCCCCCCC[CH]CCCCc1cccc(OOC2CC2)c1. The van der Waals surface area contributed by atoms with E-state index in [9.17, 15) is 0 Å². The fourth-order valence-corrected chi connectivity index (χ4v) is 3.23. The van der Waals surface area contributed by atoms with E-state index in [0.29, 0.717) is 6.10 Å². The molecular weight excluding hydrogens is 320 g/mol. The van der Waals surface area contributed by atoms with E-state index in [-0.39, 0.29) is 0 Å². The van der Waals surface area contributed by atoms with Crippen LogP contribution in [0.5, 0.6) is 5.75 Å². The lowest BCUT2D eigenvalue weighted by Crippen LogP contribution is -1.99. The molecule has 1 aliphatic carbocycles. The van der Waals surface area contributed by atoms with Gasteiger partial charge in [0, 0.05) is 0 Å². The van der Waals surface area contributed by atoms with E-state index < -0.39 is 0 Å². The summed E-state index contributed by atoms with van der Waals surface area (Å²) in [6.07, 6.45) is 22.6. The molecule has 1 radical (unpaired) electrons. The number of rotatable bonds is 17. The van der Waals surface area contributed by atoms with Gasteiger partial charge in [-0.25, -0.2) is 0 Å². The van der Waals surface area contributed by atoms with Crippen molar-refractivity contribution in [1.82, 2.24) is 0 Å². The summed E-state index contributed by atoms with van der Waals surface area (Å²) >= 11 is 0. The second-order valence-electron chi connectivity index (χ2n) is 7.82. The molecule has 26 heavy (non-hydrogen) atoms. The zero-order valence-electron chi connectivity index (χ0n) is 16.9. The molecule has 1 aromatic rings. The van der Waals surface area contributed by atoms with Crippen LogP contribution in [-0.2, 0) is 11.3 Å². The molecule has 1 saturated carbocycles. The molecule has 0 aliphatic heterocycles. The van der Waals surface area contributed by atoms with Crippen molar-refractivity contribution < 1.29 is 9.78 Å². The van der Waals surface area contributed by atoms with Crippen LogP contribution in [0.3, 0.4) is 0 Å². The lowest BCUT2D eigenvalue weighted by Gasteiger charge is -2.06. The molecule has 0 amide bonds. The van der Waals surface area contributed by atoms with Crippen LogP contribution in [0.25, 0.3) is 0 Å². The molecule has 2 nitrogen and oxygen atoms in total. The number of benzene rings is 1. The van der Waals surface area contributed by atoms with E-state index in [0.717, 1.165) is 25.0 Å². The van der Waals surface area contributed by atoms with E-state index in [1.807, 2.05) is 6.07 Å². The average Bonchev–Trinajstić information content (AvgIpc) is 3.49. The molecule has 0 spiro atoms. The van der Waals surface area contributed by atoms with Crippen molar-refractivity contribution in [2.75, 3.05) is 0 Å². The van der Waals surface area contributed by atoms with Crippen molar-refractivity contribution in [1.29, 1.82) is 0 Å². The Morgan fingerprint density at radius 1 is 0.885 bits per heavy atom. The van der Waals surface area contributed by atoms with Crippen molar-refractivity contribution in [2.45, 2.75) is 109 Å². The Labute approximate surface area is 161 Å². The highest BCUT2D eigenvalue weighted by molar-refractivity contribution is 5.28. The second kappa shape index (κ2) is 14.1. The van der Waals surface area contributed by atoms with Gasteiger partial charge in [-0.15, -0.1) is 0 Å². The maximum atomic E-state index is 5.38. The fourth-order valence-electron chi connectivity index (χ4n) is 3.23. The molecule has 0 N–H and O–H groups in total. The highest BCUT2D eigenvalue weighted by atomic mass is 17.2. The maximum Gasteiger partial charge on any atom is 0.165 e. The van der Waals surface area contributed by atoms with Crippen molar-refractivity contribution in [2.24, 2.45) is 0 Å². The molecule has 0 bridgehead atoms. The normalized spacial score (nSPS) is 13.9. The van der Waals surface area contributed by atoms with Crippen LogP contribution in [-0.4, -0.2) is 6.10 Å². The van der Waals surface area contributed by atoms with Crippen LogP contribution >= 0.6 is 0 Å². The molecule has 0 unspecified atom stereocenters. The number of hydrogen-bond donors (Lipinski definition) is 0. The molecule has 1 fully saturated rings. The Morgan fingerprint density at radius 2 is 1.58 bits per heavy atom. The third-order valence-corrected chi connectivity index (χ3v) is 5.09. The Morgan fingerprint density at radius 3 is 2.31 bits per heavy atom. The van der Waals surface area contributed by atoms with Gasteiger partial charge in [-0.2, -0.15) is 4.89 Å². The molecule has 2 rings (SSSR count). The highest BCUT2D eigenvalue weighted by Gasteiger charge is 2.24. The van der Waals surface area contributed by atoms with Crippen molar-refractivity contribution in [3.63, 3.8) is 0 Å². The van der Waals surface area contributed by atoms with Gasteiger partial charge in [-0.3, -0.25) is 0 Å². The maximum absolute atomic E-state index is 5.38. The van der Waals surface area contributed by atoms with Crippen LogP contribution in [0.2, 0.25) is 0 Å². The first-order valence-electron chi connectivity index (χ1n) is 11.1. The van der Waals surface area contributed by atoms with Crippen LogP contribution in [0.4, 0.5) is 0 Å². The summed E-state index contributed by atoms with van der Waals surface area (Å²) < 4.78 is 0. The molecule has 1 aromatic carbocycles. The highest BCUT2D eigenvalue weighted by Crippen LogP contribution is 2.25. The monoisotopic (exact) mass is 359 g/mol. The third-order valence-electron chi connectivity index (χ3n) is 5.09. The molecular formula is C24H39O2. The molecule has 0 aromatic heterocycles. The molecule has 0 atom stereocenters. The van der Waals surface area contributed by atoms with Gasteiger partial charge in [0.2, 0.25) is 0 Å². The molecule has 147 valence electrons. The summed E-state index contributed by atoms with van der Waals surface area (Å²) in [6.45, 7) is 2.28. The predicted octanol–water partition coefficient (Wildman–Crippen LogP) is 7.61. The summed E-state index contributed by atoms with van der Waals surface area (Å²) in [4.78, 5) is 10.7. The Hall–Kier alpha value is -1.02. The molecule has 2 heteroatoms. The third kappa shape index (κ3) is 10.9. The van der Waals surface area contributed by atoms with Gasteiger partial charge in [0.25, 0.3) is 0 Å². The quantitative estimate of drug-likeness (QED) is 0.162. The standard InChI is InChI=1S/C24H39O2/c1-2-3-4-5-6-7-8-9-10-11-12-13-14-16-22-17-15-18-24(21-22)26-25-23-19-20-23/h11,15,17-18,21,23H,2-10,12-14,16,19-20H2,1H3. The topological polar surface area (TPSA) is 18.5 Å². The van der Waals surface area contributed by atoms with Crippen molar-refractivity contribution in [3.8, 4) is 5.75 Å². The zero-order valence-corrected chi connectivity index (χ0v) is 16.9.